The maximum atomic E-state index is 12.3. The molecule has 2 aliphatic rings. The van der Waals surface area contributed by atoms with Gasteiger partial charge in [-0.1, -0.05) is 0 Å². The van der Waals surface area contributed by atoms with Crippen LogP contribution in [0.1, 0.15) is 43.2 Å². The highest BCUT2D eigenvalue weighted by atomic mass is 16.5. The zero-order valence-electron chi connectivity index (χ0n) is 16.4. The van der Waals surface area contributed by atoms with Crippen LogP contribution in [0.4, 0.5) is 0 Å². The number of piperidine rings is 1. The number of likely N-dealkylation sites (tertiary alicyclic amines) is 1. The van der Waals surface area contributed by atoms with E-state index in [4.69, 9.17) is 4.74 Å². The zero-order chi connectivity index (χ0) is 19.2. The molecule has 8 heteroatoms. The molecule has 2 aliphatic heterocycles. The highest BCUT2D eigenvalue weighted by Gasteiger charge is 2.31. The third-order valence-electron chi connectivity index (χ3n) is 5.72. The van der Waals surface area contributed by atoms with Crippen LogP contribution in [0.3, 0.4) is 0 Å². The molecule has 0 aromatic carbocycles. The van der Waals surface area contributed by atoms with Crippen molar-refractivity contribution in [3.05, 3.63) is 18.2 Å². The SMILES string of the molecule is CC(=O)N1CCC(N(CCNC(=O)c2nccn2C)C2CCOCC2)CC1. The van der Waals surface area contributed by atoms with E-state index in [9.17, 15) is 9.59 Å². The minimum absolute atomic E-state index is 0.138. The average Bonchev–Trinajstić information content (AvgIpc) is 3.12. The van der Waals surface area contributed by atoms with E-state index < -0.39 is 0 Å². The Hall–Kier alpha value is -1.93. The molecule has 2 amide bonds. The van der Waals surface area contributed by atoms with Crippen molar-refractivity contribution in [2.75, 3.05) is 39.4 Å². The molecule has 27 heavy (non-hydrogen) atoms. The van der Waals surface area contributed by atoms with Crippen molar-refractivity contribution in [1.29, 1.82) is 0 Å². The summed E-state index contributed by atoms with van der Waals surface area (Å²) in [6.07, 6.45) is 7.44. The van der Waals surface area contributed by atoms with E-state index in [2.05, 4.69) is 15.2 Å². The second-order valence-electron chi connectivity index (χ2n) is 7.44. The smallest absolute Gasteiger partial charge is 0.287 e. The van der Waals surface area contributed by atoms with E-state index in [1.165, 1.54) is 0 Å². The molecule has 3 rings (SSSR count). The Bertz CT molecular complexity index is 633. The lowest BCUT2D eigenvalue weighted by Crippen LogP contribution is -2.53. The van der Waals surface area contributed by atoms with E-state index in [1.54, 1.807) is 23.9 Å². The molecular weight excluding hydrogens is 346 g/mol. The number of nitrogens with zero attached hydrogens (tertiary/aromatic N) is 4. The summed E-state index contributed by atoms with van der Waals surface area (Å²) in [5, 5.41) is 3.00. The minimum Gasteiger partial charge on any atom is -0.381 e. The molecule has 0 aliphatic carbocycles. The van der Waals surface area contributed by atoms with Gasteiger partial charge in [-0.05, 0) is 25.7 Å². The van der Waals surface area contributed by atoms with E-state index in [-0.39, 0.29) is 11.8 Å². The lowest BCUT2D eigenvalue weighted by molar-refractivity contribution is -0.130. The molecule has 8 nitrogen and oxygen atoms in total. The largest absolute Gasteiger partial charge is 0.381 e. The Labute approximate surface area is 160 Å². The van der Waals surface area contributed by atoms with Gasteiger partial charge in [-0.2, -0.15) is 0 Å². The fraction of sp³-hybridized carbons (Fsp3) is 0.737. The lowest BCUT2D eigenvalue weighted by Gasteiger charge is -2.43. The maximum absolute atomic E-state index is 12.3. The van der Waals surface area contributed by atoms with Gasteiger partial charge in [-0.3, -0.25) is 14.5 Å². The third-order valence-corrected chi connectivity index (χ3v) is 5.72. The fourth-order valence-electron chi connectivity index (χ4n) is 4.15. The van der Waals surface area contributed by atoms with Gasteiger partial charge in [0, 0.05) is 77.8 Å². The van der Waals surface area contributed by atoms with Crippen LogP contribution in [-0.4, -0.2) is 82.6 Å². The second-order valence-corrected chi connectivity index (χ2v) is 7.44. The normalized spacial score (nSPS) is 19.4. The highest BCUT2D eigenvalue weighted by molar-refractivity contribution is 5.90. The van der Waals surface area contributed by atoms with Crippen LogP contribution in [0.25, 0.3) is 0 Å². The van der Waals surface area contributed by atoms with Crippen LogP contribution in [0.5, 0.6) is 0 Å². The van der Waals surface area contributed by atoms with Crippen molar-refractivity contribution in [3.8, 4) is 0 Å². The number of imidazole rings is 1. The molecule has 0 bridgehead atoms. The monoisotopic (exact) mass is 377 g/mol. The number of amides is 2. The highest BCUT2D eigenvalue weighted by Crippen LogP contribution is 2.23. The van der Waals surface area contributed by atoms with Crippen molar-refractivity contribution < 1.29 is 14.3 Å². The molecule has 0 unspecified atom stereocenters. The summed E-state index contributed by atoms with van der Waals surface area (Å²) in [5.41, 5.74) is 0. The number of nitrogens with one attached hydrogen (secondary N) is 1. The first-order chi connectivity index (χ1) is 13.1. The van der Waals surface area contributed by atoms with Gasteiger partial charge < -0.3 is 19.5 Å². The molecule has 3 heterocycles. The predicted molar refractivity (Wildman–Crippen MR) is 101 cm³/mol. The van der Waals surface area contributed by atoms with Crippen LogP contribution >= 0.6 is 0 Å². The fourth-order valence-corrected chi connectivity index (χ4v) is 4.15. The zero-order valence-corrected chi connectivity index (χ0v) is 16.4. The van der Waals surface area contributed by atoms with Crippen molar-refractivity contribution >= 4 is 11.8 Å². The van der Waals surface area contributed by atoms with E-state index >= 15 is 0 Å². The minimum atomic E-state index is -0.138. The number of hydrogen-bond donors (Lipinski definition) is 1. The molecule has 1 aromatic rings. The van der Waals surface area contributed by atoms with Crippen LogP contribution < -0.4 is 5.32 Å². The van der Waals surface area contributed by atoms with Crippen LogP contribution in [0, 0.1) is 0 Å². The van der Waals surface area contributed by atoms with Gasteiger partial charge >= 0.3 is 0 Å². The molecule has 2 saturated heterocycles. The van der Waals surface area contributed by atoms with Crippen molar-refractivity contribution in [3.63, 3.8) is 0 Å². The number of aryl methyl sites for hydroxylation is 1. The van der Waals surface area contributed by atoms with Crippen LogP contribution in [-0.2, 0) is 16.6 Å². The summed E-state index contributed by atoms with van der Waals surface area (Å²) in [6.45, 7) is 6.28. The van der Waals surface area contributed by atoms with Crippen molar-refractivity contribution in [2.45, 2.75) is 44.7 Å². The molecule has 1 aromatic heterocycles. The Morgan fingerprint density at radius 1 is 1.22 bits per heavy atom. The van der Waals surface area contributed by atoms with Gasteiger partial charge in [0.05, 0.1) is 0 Å². The van der Waals surface area contributed by atoms with Gasteiger partial charge in [0.2, 0.25) is 5.91 Å². The van der Waals surface area contributed by atoms with Gasteiger partial charge in [0.15, 0.2) is 5.82 Å². The maximum Gasteiger partial charge on any atom is 0.287 e. The standard InChI is InChI=1S/C19H31N5O3/c1-15(25)23-9-3-16(4-10-23)24(17-5-13-27-14-6-17)12-8-21-19(26)18-20-7-11-22(18)2/h7,11,16-17H,3-6,8-10,12-14H2,1-2H3,(H,21,26). The van der Waals surface area contributed by atoms with Crippen molar-refractivity contribution in [2.24, 2.45) is 7.05 Å². The number of carbonyl (C=O) groups excluding carboxylic acids is 2. The number of ether oxygens (including phenoxy) is 1. The Morgan fingerprint density at radius 3 is 2.48 bits per heavy atom. The topological polar surface area (TPSA) is 79.7 Å². The van der Waals surface area contributed by atoms with Crippen LogP contribution in [0.15, 0.2) is 12.4 Å². The molecule has 0 atom stereocenters. The molecule has 0 spiro atoms. The molecule has 2 fully saturated rings. The summed E-state index contributed by atoms with van der Waals surface area (Å²) >= 11 is 0. The summed E-state index contributed by atoms with van der Waals surface area (Å²) in [6, 6.07) is 0.937. The first-order valence-corrected chi connectivity index (χ1v) is 9.90. The average molecular weight is 377 g/mol. The number of aromatic nitrogens is 2. The Morgan fingerprint density at radius 2 is 1.89 bits per heavy atom. The Kier molecular flexibility index (Phi) is 6.84. The van der Waals surface area contributed by atoms with Crippen molar-refractivity contribution in [1.82, 2.24) is 24.7 Å². The Balaban J connectivity index is 1.56. The number of rotatable bonds is 6. The van der Waals surface area contributed by atoms with Crippen LogP contribution in [0.2, 0.25) is 0 Å². The van der Waals surface area contributed by atoms with Gasteiger partial charge in [0.25, 0.3) is 5.91 Å². The van der Waals surface area contributed by atoms with E-state index in [1.807, 2.05) is 11.9 Å². The summed E-state index contributed by atoms with van der Waals surface area (Å²) in [7, 11) is 1.82. The summed E-state index contributed by atoms with van der Waals surface area (Å²) < 4.78 is 7.26. The quantitative estimate of drug-likeness (QED) is 0.787. The number of carbonyl (C=O) groups is 2. The third kappa shape index (κ3) is 5.07. The second kappa shape index (κ2) is 9.32. The van der Waals surface area contributed by atoms with E-state index in [0.29, 0.717) is 24.5 Å². The molecule has 0 saturated carbocycles. The van der Waals surface area contributed by atoms with Gasteiger partial charge in [-0.25, -0.2) is 4.98 Å². The molecular formula is C19H31N5O3. The number of hydrogen-bond acceptors (Lipinski definition) is 5. The molecule has 1 N–H and O–H groups in total. The summed E-state index contributed by atoms with van der Waals surface area (Å²) in [5.74, 6) is 0.455. The summed E-state index contributed by atoms with van der Waals surface area (Å²) in [4.78, 5) is 32.5. The van der Waals surface area contributed by atoms with Gasteiger partial charge in [-0.15, -0.1) is 0 Å². The lowest BCUT2D eigenvalue weighted by atomic mass is 9.98. The molecule has 150 valence electrons. The predicted octanol–water partition coefficient (Wildman–Crippen LogP) is 0.642. The first-order valence-electron chi connectivity index (χ1n) is 9.90. The first kappa shape index (κ1) is 19.8. The van der Waals surface area contributed by atoms with E-state index in [0.717, 1.165) is 58.5 Å². The molecule has 0 radical (unpaired) electrons. The van der Waals surface area contributed by atoms with Gasteiger partial charge in [0.1, 0.15) is 0 Å².